The summed E-state index contributed by atoms with van der Waals surface area (Å²) in [6.45, 7) is 1.46. The molecule has 3 nitrogen and oxygen atoms in total. The van der Waals surface area contributed by atoms with E-state index in [2.05, 4.69) is 18.2 Å². The van der Waals surface area contributed by atoms with Crippen LogP contribution in [0.2, 0.25) is 0 Å². The number of hydrogen-bond acceptors (Lipinski definition) is 2. The van der Waals surface area contributed by atoms with Gasteiger partial charge in [0.05, 0.1) is 7.11 Å². The maximum atomic E-state index is 12.5. The number of carbonyl (C=O) groups excluding carboxylic acids is 1. The smallest absolute Gasteiger partial charge is 0.254 e. The minimum atomic E-state index is 0.0680. The molecule has 1 aliphatic heterocycles. The molecule has 3 rings (SSSR count). The van der Waals surface area contributed by atoms with E-state index in [1.165, 1.54) is 11.1 Å². The number of rotatable bonds is 2. The Labute approximate surface area is 118 Å². The lowest BCUT2D eigenvalue weighted by atomic mass is 9.99. The summed E-state index contributed by atoms with van der Waals surface area (Å²) in [5, 5.41) is 0. The van der Waals surface area contributed by atoms with Gasteiger partial charge in [-0.05, 0) is 35.7 Å². The topological polar surface area (TPSA) is 29.5 Å². The first-order valence-electron chi connectivity index (χ1n) is 6.78. The highest BCUT2D eigenvalue weighted by atomic mass is 16.5. The monoisotopic (exact) mass is 267 g/mol. The third-order valence-electron chi connectivity index (χ3n) is 3.73. The van der Waals surface area contributed by atoms with Gasteiger partial charge in [-0.25, -0.2) is 0 Å². The summed E-state index contributed by atoms with van der Waals surface area (Å²) in [5.74, 6) is 0.784. The van der Waals surface area contributed by atoms with Gasteiger partial charge in [0.25, 0.3) is 5.91 Å². The molecule has 1 amide bonds. The highest BCUT2D eigenvalue weighted by Crippen LogP contribution is 2.21. The second-order valence-electron chi connectivity index (χ2n) is 4.98. The van der Waals surface area contributed by atoms with Crippen molar-refractivity contribution < 1.29 is 9.53 Å². The van der Waals surface area contributed by atoms with Crippen molar-refractivity contribution in [2.75, 3.05) is 13.7 Å². The normalized spacial score (nSPS) is 13.8. The molecule has 0 N–H and O–H groups in total. The summed E-state index contributed by atoms with van der Waals surface area (Å²) in [6, 6.07) is 15.7. The Bertz CT molecular complexity index is 636. The van der Waals surface area contributed by atoms with Gasteiger partial charge < -0.3 is 9.64 Å². The van der Waals surface area contributed by atoms with Crippen molar-refractivity contribution in [1.82, 2.24) is 4.90 Å². The van der Waals surface area contributed by atoms with Gasteiger partial charge >= 0.3 is 0 Å². The first-order valence-corrected chi connectivity index (χ1v) is 6.78. The van der Waals surface area contributed by atoms with Crippen LogP contribution in [0.5, 0.6) is 5.75 Å². The Morgan fingerprint density at radius 2 is 1.90 bits per heavy atom. The number of ether oxygens (including phenoxy) is 1. The molecule has 0 aliphatic carbocycles. The average molecular weight is 267 g/mol. The molecule has 0 saturated carbocycles. The molecule has 0 aromatic heterocycles. The van der Waals surface area contributed by atoms with Crippen LogP contribution in [0.25, 0.3) is 0 Å². The minimum absolute atomic E-state index is 0.0680. The summed E-state index contributed by atoms with van der Waals surface area (Å²) in [4.78, 5) is 14.4. The number of nitrogens with zero attached hydrogens (tertiary/aromatic N) is 1. The van der Waals surface area contributed by atoms with Gasteiger partial charge in [-0.15, -0.1) is 0 Å². The van der Waals surface area contributed by atoms with Crippen LogP contribution in [-0.4, -0.2) is 24.5 Å². The van der Waals surface area contributed by atoms with Crippen molar-refractivity contribution in [3.63, 3.8) is 0 Å². The van der Waals surface area contributed by atoms with Crippen LogP contribution in [0, 0.1) is 0 Å². The Morgan fingerprint density at radius 1 is 1.10 bits per heavy atom. The molecular weight excluding hydrogens is 250 g/mol. The minimum Gasteiger partial charge on any atom is -0.497 e. The third kappa shape index (κ3) is 2.39. The largest absolute Gasteiger partial charge is 0.497 e. The third-order valence-corrected chi connectivity index (χ3v) is 3.73. The standard InChI is InChI=1S/C17H17NO2/c1-20-16-8-4-7-14(11-16)17(19)18-10-9-13-5-2-3-6-15(13)12-18/h2-8,11H,9-10,12H2,1H3. The quantitative estimate of drug-likeness (QED) is 0.837. The zero-order chi connectivity index (χ0) is 13.9. The lowest BCUT2D eigenvalue weighted by molar-refractivity contribution is 0.0734. The SMILES string of the molecule is COc1cccc(C(=O)N2CCc3ccccc3C2)c1. The van der Waals surface area contributed by atoms with Crippen LogP contribution >= 0.6 is 0 Å². The average Bonchev–Trinajstić information content (AvgIpc) is 2.53. The van der Waals surface area contributed by atoms with Gasteiger partial charge in [0.1, 0.15) is 5.75 Å². The maximum absolute atomic E-state index is 12.5. The van der Waals surface area contributed by atoms with Crippen LogP contribution in [0.3, 0.4) is 0 Å². The Kier molecular flexibility index (Phi) is 3.42. The predicted octanol–water partition coefficient (Wildman–Crippen LogP) is 2.89. The Morgan fingerprint density at radius 3 is 2.70 bits per heavy atom. The Hall–Kier alpha value is -2.29. The molecule has 0 atom stereocenters. The molecule has 1 aliphatic rings. The van der Waals surface area contributed by atoms with Crippen LogP contribution in [0.4, 0.5) is 0 Å². The molecule has 1 heterocycles. The predicted molar refractivity (Wildman–Crippen MR) is 77.9 cm³/mol. The van der Waals surface area contributed by atoms with Crippen molar-refractivity contribution in [1.29, 1.82) is 0 Å². The van der Waals surface area contributed by atoms with Crippen LogP contribution < -0.4 is 4.74 Å². The van der Waals surface area contributed by atoms with Gasteiger partial charge in [-0.2, -0.15) is 0 Å². The van der Waals surface area contributed by atoms with E-state index >= 15 is 0 Å². The van der Waals surface area contributed by atoms with Gasteiger partial charge in [0.15, 0.2) is 0 Å². The lowest BCUT2D eigenvalue weighted by Crippen LogP contribution is -2.35. The summed E-state index contributed by atoms with van der Waals surface area (Å²) < 4.78 is 5.18. The highest BCUT2D eigenvalue weighted by molar-refractivity contribution is 5.94. The van der Waals surface area contributed by atoms with E-state index in [9.17, 15) is 4.79 Å². The summed E-state index contributed by atoms with van der Waals surface area (Å²) in [5.41, 5.74) is 3.28. The van der Waals surface area contributed by atoms with Crippen molar-refractivity contribution in [2.45, 2.75) is 13.0 Å². The van der Waals surface area contributed by atoms with Gasteiger partial charge in [0, 0.05) is 18.7 Å². The van der Waals surface area contributed by atoms with Gasteiger partial charge in [-0.1, -0.05) is 30.3 Å². The molecular formula is C17H17NO2. The van der Waals surface area contributed by atoms with Crippen LogP contribution in [0.15, 0.2) is 48.5 Å². The van der Waals surface area contributed by atoms with E-state index < -0.39 is 0 Å². The van der Waals surface area contributed by atoms with E-state index in [0.29, 0.717) is 17.9 Å². The van der Waals surface area contributed by atoms with Crippen molar-refractivity contribution >= 4 is 5.91 Å². The fourth-order valence-electron chi connectivity index (χ4n) is 2.61. The highest BCUT2D eigenvalue weighted by Gasteiger charge is 2.21. The molecule has 2 aromatic rings. The second kappa shape index (κ2) is 5.37. The van der Waals surface area contributed by atoms with E-state index in [0.717, 1.165) is 13.0 Å². The van der Waals surface area contributed by atoms with E-state index in [4.69, 9.17) is 4.74 Å². The first-order chi connectivity index (χ1) is 9.78. The number of amides is 1. The fraction of sp³-hybridized carbons (Fsp3) is 0.235. The molecule has 0 spiro atoms. The van der Waals surface area contributed by atoms with Crippen LogP contribution in [-0.2, 0) is 13.0 Å². The molecule has 0 saturated heterocycles. The maximum Gasteiger partial charge on any atom is 0.254 e. The number of fused-ring (bicyclic) bond motifs is 1. The molecule has 0 fully saturated rings. The van der Waals surface area contributed by atoms with Crippen molar-refractivity contribution in [2.24, 2.45) is 0 Å². The van der Waals surface area contributed by atoms with Gasteiger partial charge in [-0.3, -0.25) is 4.79 Å². The molecule has 102 valence electrons. The molecule has 20 heavy (non-hydrogen) atoms. The number of methoxy groups -OCH3 is 1. The molecule has 0 radical (unpaired) electrons. The summed E-state index contributed by atoms with van der Waals surface area (Å²) in [7, 11) is 1.61. The van der Waals surface area contributed by atoms with Crippen molar-refractivity contribution in [3.8, 4) is 5.75 Å². The molecule has 0 unspecified atom stereocenters. The zero-order valence-electron chi connectivity index (χ0n) is 11.5. The fourth-order valence-corrected chi connectivity index (χ4v) is 2.61. The van der Waals surface area contributed by atoms with Crippen molar-refractivity contribution in [3.05, 3.63) is 65.2 Å². The second-order valence-corrected chi connectivity index (χ2v) is 4.98. The number of benzene rings is 2. The van der Waals surface area contributed by atoms with Gasteiger partial charge in [0.2, 0.25) is 0 Å². The molecule has 2 aromatic carbocycles. The molecule has 0 bridgehead atoms. The summed E-state index contributed by atoms with van der Waals surface area (Å²) in [6.07, 6.45) is 0.923. The zero-order valence-corrected chi connectivity index (χ0v) is 11.5. The summed E-state index contributed by atoms with van der Waals surface area (Å²) >= 11 is 0. The van der Waals surface area contributed by atoms with E-state index in [1.807, 2.05) is 29.2 Å². The number of carbonyl (C=O) groups is 1. The number of hydrogen-bond donors (Lipinski definition) is 0. The van der Waals surface area contributed by atoms with Crippen LogP contribution in [0.1, 0.15) is 21.5 Å². The first kappa shape index (κ1) is 12.7. The molecule has 3 heteroatoms. The van der Waals surface area contributed by atoms with E-state index in [-0.39, 0.29) is 5.91 Å². The van der Waals surface area contributed by atoms with E-state index in [1.54, 1.807) is 13.2 Å². The lowest BCUT2D eigenvalue weighted by Gasteiger charge is -2.29. The Balaban J connectivity index is 1.82.